The van der Waals surface area contributed by atoms with Crippen LogP contribution in [-0.4, -0.2) is 25.8 Å². The number of rotatable bonds is 4. The van der Waals surface area contributed by atoms with Gasteiger partial charge in [-0.25, -0.2) is 9.97 Å². The number of aromatic nitrogens is 4. The molecule has 0 aliphatic rings. The van der Waals surface area contributed by atoms with E-state index in [4.69, 9.17) is 4.42 Å². The highest BCUT2D eigenvalue weighted by molar-refractivity contribution is 7.14. The number of aryl methyl sites for hydroxylation is 1. The van der Waals surface area contributed by atoms with Gasteiger partial charge in [-0.15, -0.1) is 11.3 Å². The van der Waals surface area contributed by atoms with Gasteiger partial charge in [0.05, 0.1) is 11.9 Å². The van der Waals surface area contributed by atoms with Gasteiger partial charge in [0.15, 0.2) is 5.13 Å². The Kier molecular flexibility index (Phi) is 4.24. The van der Waals surface area contributed by atoms with Crippen LogP contribution in [0.15, 0.2) is 58.7 Å². The molecule has 1 N–H and O–H groups in total. The molecule has 0 aliphatic heterocycles. The van der Waals surface area contributed by atoms with Crippen LogP contribution in [0.2, 0.25) is 0 Å². The van der Waals surface area contributed by atoms with E-state index in [1.54, 1.807) is 24.5 Å². The number of amides is 1. The van der Waals surface area contributed by atoms with E-state index in [1.165, 1.54) is 17.5 Å². The largest absolute Gasteiger partial charge is 0.429 e. The molecule has 0 spiro atoms. The van der Waals surface area contributed by atoms with Gasteiger partial charge in [0.1, 0.15) is 11.4 Å². The molecule has 0 saturated heterocycles. The number of nitrogens with zero attached hydrogens (tertiary/aromatic N) is 4. The Morgan fingerprint density at radius 3 is 2.77 bits per heavy atom. The predicted molar refractivity (Wildman–Crippen MR) is 97.8 cm³/mol. The summed E-state index contributed by atoms with van der Waals surface area (Å²) in [6, 6.07) is 9.22. The summed E-state index contributed by atoms with van der Waals surface area (Å²) in [7, 11) is 0. The lowest BCUT2D eigenvalue weighted by molar-refractivity contribution is 0.0997. The normalized spacial score (nSPS) is 10.7. The fourth-order valence-electron chi connectivity index (χ4n) is 2.34. The summed E-state index contributed by atoms with van der Waals surface area (Å²) in [6.07, 6.45) is 4.72. The van der Waals surface area contributed by atoms with Crippen LogP contribution in [0.4, 0.5) is 5.13 Å². The zero-order valence-electron chi connectivity index (χ0n) is 13.7. The third-order valence-electron chi connectivity index (χ3n) is 3.59. The van der Waals surface area contributed by atoms with Gasteiger partial charge in [-0.1, -0.05) is 12.1 Å². The highest BCUT2D eigenvalue weighted by Crippen LogP contribution is 2.26. The van der Waals surface area contributed by atoms with Gasteiger partial charge < -0.3 is 4.42 Å². The van der Waals surface area contributed by atoms with E-state index in [-0.39, 0.29) is 5.76 Å². The molecule has 4 aromatic heterocycles. The maximum absolute atomic E-state index is 12.4. The van der Waals surface area contributed by atoms with Gasteiger partial charge in [0.2, 0.25) is 11.7 Å². The first-order valence-corrected chi connectivity index (χ1v) is 8.65. The van der Waals surface area contributed by atoms with Crippen molar-refractivity contribution in [1.82, 2.24) is 19.9 Å². The molecule has 8 heteroatoms. The third kappa shape index (κ3) is 3.22. The number of hydrogen-bond donors (Lipinski definition) is 1. The van der Waals surface area contributed by atoms with Crippen molar-refractivity contribution in [2.45, 2.75) is 6.92 Å². The highest BCUT2D eigenvalue weighted by Gasteiger charge is 2.16. The second-order valence-electron chi connectivity index (χ2n) is 5.41. The fraction of sp³-hybridized carbons (Fsp3) is 0.0556. The van der Waals surface area contributed by atoms with Crippen molar-refractivity contribution >= 4 is 22.4 Å². The van der Waals surface area contributed by atoms with Crippen LogP contribution in [0.5, 0.6) is 0 Å². The number of pyridine rings is 2. The zero-order chi connectivity index (χ0) is 17.9. The van der Waals surface area contributed by atoms with Gasteiger partial charge in [-0.2, -0.15) is 0 Å². The average Bonchev–Trinajstić information content (AvgIpc) is 3.33. The summed E-state index contributed by atoms with van der Waals surface area (Å²) >= 11 is 1.32. The topological polar surface area (TPSA) is 93.8 Å². The van der Waals surface area contributed by atoms with E-state index in [2.05, 4.69) is 25.3 Å². The quantitative estimate of drug-likeness (QED) is 0.592. The molecule has 0 atom stereocenters. The molecule has 0 aliphatic carbocycles. The molecule has 0 radical (unpaired) electrons. The molecule has 0 unspecified atom stereocenters. The summed E-state index contributed by atoms with van der Waals surface area (Å²) in [5.74, 6) is -0.0329. The Labute approximate surface area is 152 Å². The molecule has 1 amide bonds. The van der Waals surface area contributed by atoms with Gasteiger partial charge in [-0.3, -0.25) is 20.1 Å². The lowest BCUT2D eigenvalue weighted by atomic mass is 10.2. The van der Waals surface area contributed by atoms with E-state index in [9.17, 15) is 4.79 Å². The number of oxazole rings is 1. The Balaban J connectivity index is 1.51. The lowest BCUT2D eigenvalue weighted by Gasteiger charge is -2.00. The summed E-state index contributed by atoms with van der Waals surface area (Å²) in [5.41, 5.74) is 3.09. The molecule has 0 bridgehead atoms. The zero-order valence-corrected chi connectivity index (χ0v) is 14.5. The minimum absolute atomic E-state index is 0.0939. The molecule has 26 heavy (non-hydrogen) atoms. The fourth-order valence-corrected chi connectivity index (χ4v) is 3.03. The van der Waals surface area contributed by atoms with Crippen LogP contribution in [0.1, 0.15) is 16.1 Å². The van der Waals surface area contributed by atoms with Crippen LogP contribution < -0.4 is 5.32 Å². The second kappa shape index (κ2) is 6.85. The van der Waals surface area contributed by atoms with Crippen molar-refractivity contribution in [1.29, 1.82) is 0 Å². The summed E-state index contributed by atoms with van der Waals surface area (Å²) < 4.78 is 5.49. The maximum atomic E-state index is 12.4. The molecule has 0 aromatic carbocycles. The first-order chi connectivity index (χ1) is 12.7. The second-order valence-corrected chi connectivity index (χ2v) is 6.26. The molecule has 7 nitrogen and oxygen atoms in total. The third-order valence-corrected chi connectivity index (χ3v) is 4.35. The summed E-state index contributed by atoms with van der Waals surface area (Å²) in [6.45, 7) is 1.97. The Morgan fingerprint density at radius 1 is 1.08 bits per heavy atom. The average molecular weight is 363 g/mol. The first kappa shape index (κ1) is 16.1. The van der Waals surface area contributed by atoms with Crippen molar-refractivity contribution in [3.63, 3.8) is 0 Å². The lowest BCUT2D eigenvalue weighted by Crippen LogP contribution is -2.10. The monoisotopic (exact) mass is 363 g/mol. The molecule has 128 valence electrons. The van der Waals surface area contributed by atoms with E-state index >= 15 is 0 Å². The number of anilines is 1. The summed E-state index contributed by atoms with van der Waals surface area (Å²) in [4.78, 5) is 29.4. The number of nitrogens with one attached hydrogen (secondary N) is 1. The molecule has 0 saturated carbocycles. The van der Waals surface area contributed by atoms with Crippen LogP contribution in [0, 0.1) is 6.92 Å². The number of thiazole rings is 1. The van der Waals surface area contributed by atoms with Gasteiger partial charge >= 0.3 is 0 Å². The molecular weight excluding hydrogens is 350 g/mol. The molecule has 4 aromatic rings. The Morgan fingerprint density at radius 2 is 1.96 bits per heavy atom. The number of hydrogen-bond acceptors (Lipinski definition) is 7. The summed E-state index contributed by atoms with van der Waals surface area (Å²) in [5, 5.41) is 5.03. The maximum Gasteiger partial charge on any atom is 0.294 e. The molecule has 4 rings (SSSR count). The molecule has 4 heterocycles. The first-order valence-electron chi connectivity index (χ1n) is 7.77. The van der Waals surface area contributed by atoms with Crippen LogP contribution in [0.3, 0.4) is 0 Å². The van der Waals surface area contributed by atoms with Crippen molar-refractivity contribution in [3.8, 4) is 23.0 Å². The minimum Gasteiger partial charge on any atom is -0.429 e. The number of carbonyl (C=O) groups is 1. The van der Waals surface area contributed by atoms with Crippen molar-refractivity contribution < 1.29 is 9.21 Å². The van der Waals surface area contributed by atoms with E-state index in [0.29, 0.717) is 16.7 Å². The van der Waals surface area contributed by atoms with Crippen LogP contribution in [0.25, 0.3) is 23.0 Å². The van der Waals surface area contributed by atoms with Crippen molar-refractivity contribution in [2.24, 2.45) is 0 Å². The smallest absolute Gasteiger partial charge is 0.294 e. The van der Waals surface area contributed by atoms with E-state index in [1.807, 2.05) is 30.5 Å². The van der Waals surface area contributed by atoms with Crippen LogP contribution in [-0.2, 0) is 0 Å². The minimum atomic E-state index is -0.418. The SMILES string of the molecule is Cc1cccnc1-c1csc(NC(=O)c2cnc(-c3ccccn3)o2)n1. The van der Waals surface area contributed by atoms with Gasteiger partial charge in [0, 0.05) is 17.8 Å². The highest BCUT2D eigenvalue weighted by atomic mass is 32.1. The predicted octanol–water partition coefficient (Wildman–Crippen LogP) is 3.82. The van der Waals surface area contributed by atoms with Gasteiger partial charge in [-0.05, 0) is 30.7 Å². The molecule has 0 fully saturated rings. The van der Waals surface area contributed by atoms with Crippen molar-refractivity contribution in [3.05, 3.63) is 65.6 Å². The number of carbonyl (C=O) groups excluding carboxylic acids is 1. The van der Waals surface area contributed by atoms with Crippen LogP contribution >= 0.6 is 11.3 Å². The van der Waals surface area contributed by atoms with Crippen molar-refractivity contribution in [2.75, 3.05) is 5.32 Å². The Hall–Kier alpha value is -3.39. The van der Waals surface area contributed by atoms with E-state index in [0.717, 1.165) is 17.0 Å². The Bertz CT molecular complexity index is 1060. The molecular formula is C18H13N5O2S. The standard InChI is InChI=1S/C18H13N5O2S/c1-11-5-4-8-20-15(11)13-10-26-18(22-13)23-16(24)14-9-21-17(25-14)12-6-2-3-7-19-12/h2-10H,1H3,(H,22,23,24). The van der Waals surface area contributed by atoms with E-state index < -0.39 is 5.91 Å². The van der Waals surface area contributed by atoms with Gasteiger partial charge in [0.25, 0.3) is 5.91 Å².